The van der Waals surface area contributed by atoms with Crippen LogP contribution in [-0.2, 0) is 4.79 Å². The Morgan fingerprint density at radius 2 is 1.71 bits per heavy atom. The minimum absolute atomic E-state index is 0. The van der Waals surface area contributed by atoms with E-state index in [9.17, 15) is 15.0 Å². The molecule has 0 aliphatic heterocycles. The fourth-order valence-electron chi connectivity index (χ4n) is 8.76. The van der Waals surface area contributed by atoms with Crippen molar-refractivity contribution in [1.29, 1.82) is 0 Å². The predicted octanol–water partition coefficient (Wildman–Crippen LogP) is 1.18. The third-order valence-corrected chi connectivity index (χ3v) is 10.2. The molecular formula is C24H39NaO3. The first-order valence-electron chi connectivity index (χ1n) is 11.6. The van der Waals surface area contributed by atoms with Gasteiger partial charge in [0.25, 0.3) is 0 Å². The molecule has 6 unspecified atom stereocenters. The Kier molecular flexibility index (Phi) is 7.03. The van der Waals surface area contributed by atoms with Gasteiger partial charge in [-0.2, -0.15) is 0 Å². The van der Waals surface area contributed by atoms with Gasteiger partial charge in [-0.25, -0.2) is 0 Å². The molecule has 0 aromatic heterocycles. The van der Waals surface area contributed by atoms with Gasteiger partial charge in [-0.3, -0.25) is 0 Å². The molecule has 4 heteroatoms. The average Bonchev–Trinajstić information content (AvgIpc) is 2.97. The topological polar surface area (TPSA) is 60.4 Å². The summed E-state index contributed by atoms with van der Waals surface area (Å²) >= 11 is 0. The maximum Gasteiger partial charge on any atom is 1.00 e. The van der Waals surface area contributed by atoms with Crippen LogP contribution in [0.3, 0.4) is 0 Å². The van der Waals surface area contributed by atoms with Crippen LogP contribution in [0.2, 0.25) is 0 Å². The molecule has 4 saturated carbocycles. The Balaban J connectivity index is 0.00000225. The Morgan fingerprint density at radius 3 is 2.43 bits per heavy atom. The van der Waals surface area contributed by atoms with Crippen molar-refractivity contribution >= 4 is 5.97 Å². The minimum atomic E-state index is -0.893. The Morgan fingerprint density at radius 1 is 1.04 bits per heavy atom. The molecule has 0 saturated heterocycles. The SMILES string of the molecule is CC(CCC(=O)[O-])C1CCC2C3CC[C@@H]4C[C@H](O)CCC4(C)C3CC[C@]12C.[Na+]. The molecule has 1 N–H and O–H groups in total. The van der Waals surface area contributed by atoms with Crippen molar-refractivity contribution < 1.29 is 44.6 Å². The van der Waals surface area contributed by atoms with Crippen LogP contribution in [0.5, 0.6) is 0 Å². The van der Waals surface area contributed by atoms with E-state index in [1.54, 1.807) is 0 Å². The smallest absolute Gasteiger partial charge is 0.550 e. The van der Waals surface area contributed by atoms with Gasteiger partial charge in [-0.15, -0.1) is 0 Å². The third kappa shape index (κ3) is 3.76. The number of aliphatic hydroxyl groups is 1. The molecule has 154 valence electrons. The van der Waals surface area contributed by atoms with E-state index in [1.165, 1.54) is 44.9 Å². The van der Waals surface area contributed by atoms with Crippen molar-refractivity contribution in [3.63, 3.8) is 0 Å². The largest absolute Gasteiger partial charge is 1.00 e. The number of aliphatic carboxylic acids is 1. The van der Waals surface area contributed by atoms with E-state index in [4.69, 9.17) is 0 Å². The van der Waals surface area contributed by atoms with Gasteiger partial charge >= 0.3 is 29.6 Å². The molecule has 4 rings (SSSR count). The van der Waals surface area contributed by atoms with Gasteiger partial charge in [0.15, 0.2) is 0 Å². The second kappa shape index (κ2) is 8.52. The van der Waals surface area contributed by atoms with Crippen LogP contribution in [0.25, 0.3) is 0 Å². The summed E-state index contributed by atoms with van der Waals surface area (Å²) in [4.78, 5) is 10.9. The molecule has 0 aromatic carbocycles. The van der Waals surface area contributed by atoms with Crippen molar-refractivity contribution in [2.24, 2.45) is 46.3 Å². The number of carboxylic acids is 1. The number of rotatable bonds is 4. The predicted molar refractivity (Wildman–Crippen MR) is 105 cm³/mol. The fraction of sp³-hybridized carbons (Fsp3) is 0.958. The van der Waals surface area contributed by atoms with Gasteiger partial charge in [0.05, 0.1) is 6.10 Å². The second-order valence-corrected chi connectivity index (χ2v) is 11.2. The summed E-state index contributed by atoms with van der Waals surface area (Å²) in [6.45, 7) is 7.38. The van der Waals surface area contributed by atoms with Crippen molar-refractivity contribution in [3.05, 3.63) is 0 Å². The molecule has 0 heterocycles. The molecule has 4 fully saturated rings. The van der Waals surface area contributed by atoms with Crippen LogP contribution >= 0.6 is 0 Å². The first kappa shape index (κ1) is 23.1. The second-order valence-electron chi connectivity index (χ2n) is 11.2. The van der Waals surface area contributed by atoms with E-state index < -0.39 is 5.97 Å². The molecule has 3 nitrogen and oxygen atoms in total. The Labute approximate surface area is 193 Å². The summed E-state index contributed by atoms with van der Waals surface area (Å²) < 4.78 is 0. The summed E-state index contributed by atoms with van der Waals surface area (Å²) in [6.07, 6.45) is 12.2. The van der Waals surface area contributed by atoms with Gasteiger partial charge in [-0.1, -0.05) is 20.8 Å². The molecule has 28 heavy (non-hydrogen) atoms. The molecule has 0 bridgehead atoms. The zero-order valence-electron chi connectivity index (χ0n) is 18.6. The number of hydrogen-bond donors (Lipinski definition) is 1. The standard InChI is InChI=1S/C24H40O3.Na/c1-15(4-9-22(26)27)19-7-8-20-18-6-5-16-14-17(25)10-12-23(16,2)21(18)11-13-24(19,20)3;/h15-21,25H,4-14H2,1-3H3,(H,26,27);/q;+1/p-1/t15?,16-,17-,18?,19?,20?,21?,23?,24-;/m1./s1. The number of fused-ring (bicyclic) bond motifs is 5. The maximum atomic E-state index is 10.9. The van der Waals surface area contributed by atoms with Crippen LogP contribution in [0, 0.1) is 46.3 Å². The average molecular weight is 399 g/mol. The third-order valence-electron chi connectivity index (χ3n) is 10.2. The van der Waals surface area contributed by atoms with Crippen LogP contribution in [-0.4, -0.2) is 17.2 Å². The quantitative estimate of drug-likeness (QED) is 0.724. The zero-order chi connectivity index (χ0) is 19.4. The number of carbonyl (C=O) groups excluding carboxylic acids is 1. The van der Waals surface area contributed by atoms with E-state index in [2.05, 4.69) is 20.8 Å². The van der Waals surface area contributed by atoms with Crippen molar-refractivity contribution in [3.8, 4) is 0 Å². The number of carboxylic acid groups (broad SMARTS) is 1. The zero-order valence-corrected chi connectivity index (χ0v) is 20.6. The fourth-order valence-corrected chi connectivity index (χ4v) is 8.76. The summed E-state index contributed by atoms with van der Waals surface area (Å²) in [5.41, 5.74) is 0.853. The van der Waals surface area contributed by atoms with Crippen LogP contribution < -0.4 is 34.7 Å². The first-order chi connectivity index (χ1) is 12.8. The van der Waals surface area contributed by atoms with Crippen molar-refractivity contribution in [2.75, 3.05) is 0 Å². The van der Waals surface area contributed by atoms with E-state index in [-0.39, 0.29) is 42.1 Å². The molecule has 4 aliphatic rings. The number of aliphatic hydroxyl groups excluding tert-OH is 1. The van der Waals surface area contributed by atoms with E-state index in [0.29, 0.717) is 22.7 Å². The van der Waals surface area contributed by atoms with Gasteiger partial charge in [0, 0.05) is 5.97 Å². The van der Waals surface area contributed by atoms with Crippen molar-refractivity contribution in [1.82, 2.24) is 0 Å². The maximum absolute atomic E-state index is 10.9. The number of carbonyl (C=O) groups is 1. The Bertz CT molecular complexity index is 580. The van der Waals surface area contributed by atoms with Crippen LogP contribution in [0.15, 0.2) is 0 Å². The molecule has 0 spiro atoms. The number of hydrogen-bond acceptors (Lipinski definition) is 3. The van der Waals surface area contributed by atoms with E-state index in [0.717, 1.165) is 42.9 Å². The molecule has 0 amide bonds. The molecule has 0 aromatic rings. The molecule has 0 radical (unpaired) electrons. The van der Waals surface area contributed by atoms with Gasteiger partial charge in [0.2, 0.25) is 0 Å². The normalized spacial score (nSPS) is 48.6. The molecular weight excluding hydrogens is 359 g/mol. The monoisotopic (exact) mass is 398 g/mol. The van der Waals surface area contributed by atoms with Crippen LogP contribution in [0.1, 0.15) is 91.4 Å². The van der Waals surface area contributed by atoms with Gasteiger partial charge < -0.3 is 15.0 Å². The summed E-state index contributed by atoms with van der Waals surface area (Å²) in [5, 5.41) is 21.1. The van der Waals surface area contributed by atoms with E-state index >= 15 is 0 Å². The van der Waals surface area contributed by atoms with Gasteiger partial charge in [0.1, 0.15) is 0 Å². The summed E-state index contributed by atoms with van der Waals surface area (Å²) in [5.74, 6) is 3.55. The van der Waals surface area contributed by atoms with E-state index in [1.807, 2.05) is 0 Å². The van der Waals surface area contributed by atoms with Crippen LogP contribution in [0.4, 0.5) is 0 Å². The van der Waals surface area contributed by atoms with Gasteiger partial charge in [-0.05, 0) is 117 Å². The summed E-state index contributed by atoms with van der Waals surface area (Å²) in [6, 6.07) is 0. The summed E-state index contributed by atoms with van der Waals surface area (Å²) in [7, 11) is 0. The Hall–Kier alpha value is 0.430. The molecule has 4 aliphatic carbocycles. The first-order valence-corrected chi connectivity index (χ1v) is 11.6. The minimum Gasteiger partial charge on any atom is -0.550 e. The van der Waals surface area contributed by atoms with Crippen molar-refractivity contribution in [2.45, 2.75) is 97.5 Å². The molecule has 9 atom stereocenters.